The zero-order valence-corrected chi connectivity index (χ0v) is 10.7. The molecule has 0 aliphatic heterocycles. The number of benzene rings is 2. The summed E-state index contributed by atoms with van der Waals surface area (Å²) in [6.45, 7) is 0. The molecule has 0 radical (unpaired) electrons. The molecule has 0 N–H and O–H groups in total. The average molecular weight is 270 g/mol. The summed E-state index contributed by atoms with van der Waals surface area (Å²) < 4.78 is 19.4. The third-order valence-electron chi connectivity index (χ3n) is 3.09. The molecule has 0 aliphatic rings. The van der Waals surface area contributed by atoms with Crippen LogP contribution < -0.4 is 0 Å². The third-order valence-corrected chi connectivity index (χ3v) is 3.09. The number of methoxy groups -OCH3 is 1. The average Bonchev–Trinajstić information content (AvgIpc) is 2.91. The summed E-state index contributed by atoms with van der Waals surface area (Å²) >= 11 is 0. The highest BCUT2D eigenvalue weighted by Crippen LogP contribution is 2.22. The molecule has 3 aromatic rings. The van der Waals surface area contributed by atoms with Crippen molar-refractivity contribution in [3.8, 4) is 5.69 Å². The van der Waals surface area contributed by atoms with Crippen LogP contribution in [0.15, 0.2) is 48.7 Å². The van der Waals surface area contributed by atoms with Crippen molar-refractivity contribution in [2.75, 3.05) is 7.11 Å². The van der Waals surface area contributed by atoms with Crippen LogP contribution in [0.1, 0.15) is 10.4 Å². The molecule has 1 heterocycles. The lowest BCUT2D eigenvalue weighted by atomic mass is 10.1. The molecular weight excluding hydrogens is 259 g/mol. The Kier molecular flexibility index (Phi) is 2.95. The summed E-state index contributed by atoms with van der Waals surface area (Å²) in [5.41, 5.74) is 1.95. The van der Waals surface area contributed by atoms with Gasteiger partial charge in [-0.05, 0) is 36.4 Å². The molecule has 1 aromatic heterocycles. The van der Waals surface area contributed by atoms with Crippen LogP contribution in [0.4, 0.5) is 4.39 Å². The van der Waals surface area contributed by atoms with E-state index in [9.17, 15) is 9.18 Å². The van der Waals surface area contributed by atoms with E-state index in [1.54, 1.807) is 35.1 Å². The number of hydrogen-bond donors (Lipinski definition) is 0. The molecule has 100 valence electrons. The van der Waals surface area contributed by atoms with Crippen molar-refractivity contribution in [1.82, 2.24) is 9.78 Å². The van der Waals surface area contributed by atoms with Gasteiger partial charge in [0.2, 0.25) is 0 Å². The van der Waals surface area contributed by atoms with E-state index in [4.69, 9.17) is 4.74 Å². The largest absolute Gasteiger partial charge is 0.465 e. The van der Waals surface area contributed by atoms with Gasteiger partial charge in [0.25, 0.3) is 0 Å². The first kappa shape index (κ1) is 12.3. The number of esters is 1. The van der Waals surface area contributed by atoms with E-state index in [1.165, 1.54) is 19.2 Å². The van der Waals surface area contributed by atoms with E-state index in [-0.39, 0.29) is 5.82 Å². The highest BCUT2D eigenvalue weighted by molar-refractivity contribution is 6.03. The number of carbonyl (C=O) groups excluding carboxylic acids is 1. The fourth-order valence-corrected chi connectivity index (χ4v) is 2.13. The van der Waals surface area contributed by atoms with Crippen molar-refractivity contribution >= 4 is 16.9 Å². The van der Waals surface area contributed by atoms with Gasteiger partial charge in [0, 0.05) is 5.39 Å². The Morgan fingerprint density at radius 2 is 1.95 bits per heavy atom. The van der Waals surface area contributed by atoms with Crippen molar-refractivity contribution in [2.24, 2.45) is 0 Å². The van der Waals surface area contributed by atoms with Gasteiger partial charge in [0.05, 0.1) is 30.1 Å². The number of halogens is 1. The molecule has 0 amide bonds. The monoisotopic (exact) mass is 270 g/mol. The van der Waals surface area contributed by atoms with Crippen LogP contribution in [-0.4, -0.2) is 22.9 Å². The zero-order valence-electron chi connectivity index (χ0n) is 10.7. The Hall–Kier alpha value is -2.69. The van der Waals surface area contributed by atoms with Crippen molar-refractivity contribution in [1.29, 1.82) is 0 Å². The molecular formula is C15H11FN2O2. The third kappa shape index (κ3) is 1.93. The summed E-state index contributed by atoms with van der Waals surface area (Å²) in [5.74, 6) is -0.713. The Morgan fingerprint density at radius 3 is 2.65 bits per heavy atom. The summed E-state index contributed by atoms with van der Waals surface area (Å²) in [5, 5.41) is 4.96. The van der Waals surface area contributed by atoms with Crippen LogP contribution in [0.25, 0.3) is 16.6 Å². The first-order valence-electron chi connectivity index (χ1n) is 6.01. The summed E-state index contributed by atoms with van der Waals surface area (Å²) in [6.07, 6.45) is 1.60. The van der Waals surface area contributed by atoms with E-state index in [0.29, 0.717) is 10.9 Å². The van der Waals surface area contributed by atoms with Gasteiger partial charge in [-0.1, -0.05) is 6.07 Å². The minimum atomic E-state index is -0.408. The van der Waals surface area contributed by atoms with Crippen molar-refractivity contribution in [2.45, 2.75) is 0 Å². The Bertz CT molecular complexity index is 778. The second-order valence-electron chi connectivity index (χ2n) is 4.26. The number of ether oxygens (including phenoxy) is 1. The molecule has 0 bridgehead atoms. The molecule has 0 saturated carbocycles. The van der Waals surface area contributed by atoms with Crippen LogP contribution in [0.2, 0.25) is 0 Å². The number of nitrogens with zero attached hydrogens (tertiary/aromatic N) is 2. The highest BCUT2D eigenvalue weighted by atomic mass is 19.1. The SMILES string of the molecule is COC(=O)c1cccc2c1cnn2-c1ccc(F)cc1. The number of aromatic nitrogens is 2. The van der Waals surface area contributed by atoms with Gasteiger partial charge in [-0.25, -0.2) is 13.9 Å². The normalized spacial score (nSPS) is 10.7. The van der Waals surface area contributed by atoms with Gasteiger partial charge in [-0.3, -0.25) is 0 Å². The van der Waals surface area contributed by atoms with Crippen LogP contribution in [0.3, 0.4) is 0 Å². The van der Waals surface area contributed by atoms with Crippen molar-refractivity contribution in [3.63, 3.8) is 0 Å². The lowest BCUT2D eigenvalue weighted by Crippen LogP contribution is -2.01. The van der Waals surface area contributed by atoms with E-state index < -0.39 is 5.97 Å². The molecule has 5 heteroatoms. The smallest absolute Gasteiger partial charge is 0.338 e. The predicted molar refractivity (Wildman–Crippen MR) is 72.4 cm³/mol. The standard InChI is InChI=1S/C15H11FN2O2/c1-20-15(19)12-3-2-4-14-13(12)9-17-18(14)11-7-5-10(16)6-8-11/h2-9H,1H3. The van der Waals surface area contributed by atoms with E-state index in [2.05, 4.69) is 5.10 Å². The summed E-state index contributed by atoms with van der Waals surface area (Å²) in [6, 6.07) is 11.3. The maximum Gasteiger partial charge on any atom is 0.338 e. The predicted octanol–water partition coefficient (Wildman–Crippen LogP) is 2.95. The number of carbonyl (C=O) groups is 1. The minimum Gasteiger partial charge on any atom is -0.465 e. The van der Waals surface area contributed by atoms with Gasteiger partial charge in [0.15, 0.2) is 0 Å². The number of fused-ring (bicyclic) bond motifs is 1. The Morgan fingerprint density at radius 1 is 1.20 bits per heavy atom. The van der Waals surface area contributed by atoms with Gasteiger partial charge in [-0.2, -0.15) is 5.10 Å². The molecule has 0 atom stereocenters. The topological polar surface area (TPSA) is 44.1 Å². The quantitative estimate of drug-likeness (QED) is 0.672. The van der Waals surface area contributed by atoms with Crippen LogP contribution in [-0.2, 0) is 4.74 Å². The molecule has 3 rings (SSSR count). The van der Waals surface area contributed by atoms with E-state index >= 15 is 0 Å². The highest BCUT2D eigenvalue weighted by Gasteiger charge is 2.13. The maximum absolute atomic E-state index is 13.0. The van der Waals surface area contributed by atoms with Crippen molar-refractivity contribution < 1.29 is 13.9 Å². The van der Waals surface area contributed by atoms with Gasteiger partial charge < -0.3 is 4.74 Å². The minimum absolute atomic E-state index is 0.305. The molecule has 20 heavy (non-hydrogen) atoms. The lowest BCUT2D eigenvalue weighted by Gasteiger charge is -2.04. The first-order chi connectivity index (χ1) is 9.70. The Labute approximate surface area is 114 Å². The fraction of sp³-hybridized carbons (Fsp3) is 0.0667. The second kappa shape index (κ2) is 4.77. The second-order valence-corrected chi connectivity index (χ2v) is 4.26. The van der Waals surface area contributed by atoms with Gasteiger partial charge in [0.1, 0.15) is 5.82 Å². The first-order valence-corrected chi connectivity index (χ1v) is 6.01. The molecule has 0 aliphatic carbocycles. The molecule has 0 unspecified atom stereocenters. The summed E-state index contributed by atoms with van der Waals surface area (Å²) in [4.78, 5) is 11.7. The molecule has 0 saturated heterocycles. The van der Waals surface area contributed by atoms with Gasteiger partial charge in [-0.15, -0.1) is 0 Å². The summed E-state index contributed by atoms with van der Waals surface area (Å²) in [7, 11) is 1.34. The fourth-order valence-electron chi connectivity index (χ4n) is 2.13. The maximum atomic E-state index is 13.0. The Balaban J connectivity index is 2.19. The number of rotatable bonds is 2. The van der Waals surface area contributed by atoms with Crippen LogP contribution in [0, 0.1) is 5.82 Å². The molecule has 0 fully saturated rings. The molecule has 2 aromatic carbocycles. The number of hydrogen-bond acceptors (Lipinski definition) is 3. The molecule has 0 spiro atoms. The molecule has 4 nitrogen and oxygen atoms in total. The van der Waals surface area contributed by atoms with E-state index in [1.807, 2.05) is 6.07 Å². The lowest BCUT2D eigenvalue weighted by molar-refractivity contribution is 0.0603. The van der Waals surface area contributed by atoms with Crippen LogP contribution >= 0.6 is 0 Å². The van der Waals surface area contributed by atoms with Crippen molar-refractivity contribution in [3.05, 3.63) is 60.0 Å². The van der Waals surface area contributed by atoms with E-state index in [0.717, 1.165) is 11.2 Å². The zero-order chi connectivity index (χ0) is 14.1. The van der Waals surface area contributed by atoms with Crippen LogP contribution in [0.5, 0.6) is 0 Å². The van der Waals surface area contributed by atoms with Gasteiger partial charge >= 0.3 is 5.97 Å².